The van der Waals surface area contributed by atoms with Crippen LogP contribution in [0, 0.1) is 0 Å². The molecule has 3 N–H and O–H groups in total. The summed E-state index contributed by atoms with van der Waals surface area (Å²) in [6, 6.07) is 21.6. The lowest BCUT2D eigenvalue weighted by molar-refractivity contribution is 0.0966. The summed E-state index contributed by atoms with van der Waals surface area (Å²) in [6.45, 7) is 4.99. The van der Waals surface area contributed by atoms with Crippen LogP contribution in [0.3, 0.4) is 0 Å². The normalized spacial score (nSPS) is 14.9. The minimum atomic E-state index is -0.218. The van der Waals surface area contributed by atoms with E-state index >= 15 is 0 Å². The summed E-state index contributed by atoms with van der Waals surface area (Å²) in [5.41, 5.74) is 5.96. The number of hydrogen-bond acceptors (Lipinski definition) is 4. The van der Waals surface area contributed by atoms with Gasteiger partial charge in [-0.1, -0.05) is 42.8 Å². The number of hydrogen-bond donors (Lipinski definition) is 3. The zero-order valence-corrected chi connectivity index (χ0v) is 21.9. The lowest BCUT2D eigenvalue weighted by atomic mass is 9.96. The lowest BCUT2D eigenvalue weighted by Crippen LogP contribution is -2.31. The van der Waals surface area contributed by atoms with Crippen molar-refractivity contribution in [2.75, 3.05) is 36.8 Å². The second kappa shape index (κ2) is 12.7. The van der Waals surface area contributed by atoms with Crippen LogP contribution in [-0.2, 0) is 13.0 Å². The van der Waals surface area contributed by atoms with Crippen molar-refractivity contribution in [1.82, 2.24) is 10.2 Å². The Bertz CT molecular complexity index is 1210. The van der Waals surface area contributed by atoms with E-state index in [1.165, 1.54) is 37.9 Å². The van der Waals surface area contributed by atoms with Gasteiger partial charge >= 0.3 is 0 Å². The maximum absolute atomic E-state index is 13.0. The molecule has 2 amide bonds. The fraction of sp³-hybridized carbons (Fsp3) is 0.333. The Hall–Kier alpha value is -3.35. The van der Waals surface area contributed by atoms with E-state index in [1.807, 2.05) is 54.6 Å². The van der Waals surface area contributed by atoms with Gasteiger partial charge in [0.05, 0.1) is 11.3 Å². The molecule has 2 heterocycles. The van der Waals surface area contributed by atoms with Crippen LogP contribution in [-0.4, -0.2) is 42.9 Å². The van der Waals surface area contributed by atoms with Crippen LogP contribution in [0.5, 0.6) is 0 Å². The Morgan fingerprint density at radius 2 is 1.68 bits per heavy atom. The van der Waals surface area contributed by atoms with Crippen molar-refractivity contribution in [2.45, 2.75) is 38.6 Å². The number of carbonyl (C=O) groups is 2. The van der Waals surface area contributed by atoms with Crippen LogP contribution < -0.4 is 16.0 Å². The second-order valence-electron chi connectivity index (χ2n) is 9.68. The van der Waals surface area contributed by atoms with Gasteiger partial charge in [0.25, 0.3) is 11.8 Å². The standard InChI is InChI=1S/C30H34N4O2.ClH/c35-29(23-10-13-25(14-11-23)31-16-7-19-34-17-5-2-6-18-34)33-27-15-12-24(20-22-8-3-1-4-9-22)26-21-32-30(36)28(26)27;/h1,3-4,8-15,31H,2,5-7,16-21H2,(H,32,36)(H,33,35);1H. The van der Waals surface area contributed by atoms with Crippen LogP contribution in [0.4, 0.5) is 11.4 Å². The molecule has 1 fully saturated rings. The van der Waals surface area contributed by atoms with Crippen molar-refractivity contribution < 1.29 is 9.59 Å². The molecule has 194 valence electrons. The van der Waals surface area contributed by atoms with Gasteiger partial charge in [0.1, 0.15) is 0 Å². The molecule has 2 aliphatic rings. The molecule has 0 saturated carbocycles. The van der Waals surface area contributed by atoms with Crippen molar-refractivity contribution in [3.63, 3.8) is 0 Å². The predicted molar refractivity (Wildman–Crippen MR) is 152 cm³/mol. The van der Waals surface area contributed by atoms with E-state index in [1.54, 1.807) is 0 Å². The first kappa shape index (κ1) is 26.7. The Balaban J connectivity index is 0.00000320. The molecule has 2 aliphatic heterocycles. The summed E-state index contributed by atoms with van der Waals surface area (Å²) >= 11 is 0. The summed E-state index contributed by atoms with van der Waals surface area (Å²) in [5.74, 6) is -0.358. The Labute approximate surface area is 225 Å². The Kier molecular flexibility index (Phi) is 9.20. The molecule has 0 aromatic heterocycles. The monoisotopic (exact) mass is 518 g/mol. The summed E-state index contributed by atoms with van der Waals surface area (Å²) < 4.78 is 0. The molecular weight excluding hydrogens is 484 g/mol. The van der Waals surface area contributed by atoms with E-state index in [2.05, 4.69) is 33.0 Å². The van der Waals surface area contributed by atoms with Crippen molar-refractivity contribution in [1.29, 1.82) is 0 Å². The largest absolute Gasteiger partial charge is 0.385 e. The molecule has 37 heavy (non-hydrogen) atoms. The highest BCUT2D eigenvalue weighted by atomic mass is 35.5. The van der Waals surface area contributed by atoms with Gasteiger partial charge in [-0.2, -0.15) is 0 Å². The summed E-state index contributed by atoms with van der Waals surface area (Å²) in [6.07, 6.45) is 5.86. The molecule has 0 bridgehead atoms. The number of amides is 2. The Morgan fingerprint density at radius 1 is 0.919 bits per heavy atom. The summed E-state index contributed by atoms with van der Waals surface area (Å²) in [7, 11) is 0. The molecule has 0 aliphatic carbocycles. The molecule has 1 saturated heterocycles. The quantitative estimate of drug-likeness (QED) is 0.328. The predicted octanol–water partition coefficient (Wildman–Crippen LogP) is 5.48. The molecular formula is C30H35ClN4O2. The molecule has 7 heteroatoms. The molecule has 0 radical (unpaired) electrons. The second-order valence-corrected chi connectivity index (χ2v) is 9.68. The van der Waals surface area contributed by atoms with Crippen LogP contribution in [0.15, 0.2) is 66.7 Å². The molecule has 3 aromatic rings. The lowest BCUT2D eigenvalue weighted by Gasteiger charge is -2.26. The number of anilines is 2. The average molecular weight is 519 g/mol. The van der Waals surface area contributed by atoms with Gasteiger partial charge in [0.2, 0.25) is 0 Å². The van der Waals surface area contributed by atoms with E-state index in [-0.39, 0.29) is 24.2 Å². The zero-order chi connectivity index (χ0) is 24.7. The number of likely N-dealkylation sites (tertiary alicyclic amines) is 1. The third-order valence-electron chi connectivity index (χ3n) is 7.12. The topological polar surface area (TPSA) is 73.5 Å². The minimum absolute atomic E-state index is 0. The van der Waals surface area contributed by atoms with Crippen molar-refractivity contribution in [2.24, 2.45) is 0 Å². The molecule has 6 nitrogen and oxygen atoms in total. The van der Waals surface area contributed by atoms with Crippen LogP contribution in [0.2, 0.25) is 0 Å². The Morgan fingerprint density at radius 3 is 2.43 bits per heavy atom. The maximum atomic E-state index is 13.0. The molecule has 0 unspecified atom stereocenters. The van der Waals surface area contributed by atoms with Crippen molar-refractivity contribution in [3.8, 4) is 0 Å². The minimum Gasteiger partial charge on any atom is -0.385 e. The van der Waals surface area contributed by atoms with Gasteiger partial charge in [-0.25, -0.2) is 0 Å². The molecule has 3 aromatic carbocycles. The number of halogens is 1. The van der Waals surface area contributed by atoms with Gasteiger partial charge in [-0.05, 0) is 92.3 Å². The number of fused-ring (bicyclic) bond motifs is 1. The van der Waals surface area contributed by atoms with Crippen LogP contribution in [0.25, 0.3) is 0 Å². The van der Waals surface area contributed by atoms with Crippen molar-refractivity contribution in [3.05, 3.63) is 94.5 Å². The number of nitrogens with zero attached hydrogens (tertiary/aromatic N) is 1. The van der Waals surface area contributed by atoms with Gasteiger partial charge < -0.3 is 20.9 Å². The fourth-order valence-corrected chi connectivity index (χ4v) is 5.15. The van der Waals surface area contributed by atoms with Gasteiger partial charge in [0.15, 0.2) is 0 Å². The smallest absolute Gasteiger partial charge is 0.255 e. The first-order chi connectivity index (χ1) is 17.7. The third kappa shape index (κ3) is 6.70. The first-order valence-corrected chi connectivity index (χ1v) is 13.0. The third-order valence-corrected chi connectivity index (χ3v) is 7.12. The molecule has 0 spiro atoms. The van der Waals surface area contributed by atoms with Crippen LogP contribution in [0.1, 0.15) is 63.1 Å². The average Bonchev–Trinajstić information content (AvgIpc) is 3.32. The zero-order valence-electron chi connectivity index (χ0n) is 21.1. The van der Waals surface area contributed by atoms with E-state index in [0.29, 0.717) is 23.4 Å². The number of rotatable bonds is 9. The SMILES string of the molecule is Cl.O=C(Nc1ccc(Cc2ccccc2)c2c1C(=O)NC2)c1ccc(NCCCN2CCCCC2)cc1. The summed E-state index contributed by atoms with van der Waals surface area (Å²) in [4.78, 5) is 28.1. The van der Waals surface area contributed by atoms with Gasteiger partial charge in [0, 0.05) is 24.3 Å². The maximum Gasteiger partial charge on any atom is 0.255 e. The first-order valence-electron chi connectivity index (χ1n) is 13.0. The van der Waals surface area contributed by atoms with Crippen LogP contribution >= 0.6 is 12.4 Å². The molecule has 0 atom stereocenters. The van der Waals surface area contributed by atoms with Crippen molar-refractivity contribution >= 4 is 35.6 Å². The number of benzene rings is 3. The highest BCUT2D eigenvalue weighted by Gasteiger charge is 2.26. The number of piperidine rings is 1. The summed E-state index contributed by atoms with van der Waals surface area (Å²) in [5, 5.41) is 9.33. The van der Waals surface area contributed by atoms with Gasteiger partial charge in [-0.3, -0.25) is 9.59 Å². The highest BCUT2D eigenvalue weighted by Crippen LogP contribution is 2.29. The van der Waals surface area contributed by atoms with E-state index in [0.717, 1.165) is 42.7 Å². The van der Waals surface area contributed by atoms with Gasteiger partial charge in [-0.15, -0.1) is 12.4 Å². The van der Waals surface area contributed by atoms with E-state index < -0.39 is 0 Å². The number of nitrogens with one attached hydrogen (secondary N) is 3. The fourth-order valence-electron chi connectivity index (χ4n) is 5.15. The van der Waals surface area contributed by atoms with E-state index in [4.69, 9.17) is 0 Å². The number of carbonyl (C=O) groups excluding carboxylic acids is 2. The van der Waals surface area contributed by atoms with E-state index in [9.17, 15) is 9.59 Å². The molecule has 5 rings (SSSR count). The highest BCUT2D eigenvalue weighted by molar-refractivity contribution is 6.10.